The van der Waals surface area contributed by atoms with Gasteiger partial charge in [0.2, 0.25) is 0 Å². The molecule has 2 aromatic carbocycles. The molecular weight excluding hydrogens is 272 g/mol. The van der Waals surface area contributed by atoms with Crippen LogP contribution in [0.4, 0.5) is 0 Å². The zero-order chi connectivity index (χ0) is 12.3. The molecule has 0 aromatic heterocycles. The molecule has 0 nitrogen and oxygen atoms in total. The molecule has 1 heteroatoms. The van der Waals surface area contributed by atoms with E-state index in [2.05, 4.69) is 84.4 Å². The van der Waals surface area contributed by atoms with Crippen LogP contribution in [0.15, 0.2) is 54.6 Å². The molecule has 0 bridgehead atoms. The summed E-state index contributed by atoms with van der Waals surface area (Å²) in [5.74, 6) is 0.414. The Balaban J connectivity index is 2.47. The van der Waals surface area contributed by atoms with Crippen LogP contribution in [0.2, 0.25) is 0 Å². The highest BCUT2D eigenvalue weighted by molar-refractivity contribution is 9.09. The lowest BCUT2D eigenvalue weighted by atomic mass is 9.86. The molecule has 0 aliphatic heterocycles. The Bertz CT molecular complexity index is 474. The molecule has 0 aliphatic rings. The van der Waals surface area contributed by atoms with Gasteiger partial charge in [-0.3, -0.25) is 0 Å². The molecule has 0 amide bonds. The molecule has 17 heavy (non-hydrogen) atoms. The first-order valence-electron chi connectivity index (χ1n) is 5.94. The maximum atomic E-state index is 3.75. The monoisotopic (exact) mass is 288 g/mol. The standard InChI is InChI=1S/C16H17Br/c1-12-8-6-7-11-15(12)16(13(2)17)14-9-4-3-5-10-14/h3-11,13,16H,1-2H3. The van der Waals surface area contributed by atoms with Gasteiger partial charge in [0.05, 0.1) is 0 Å². The minimum absolute atomic E-state index is 0.414. The number of hydrogen-bond donors (Lipinski definition) is 0. The lowest BCUT2D eigenvalue weighted by Gasteiger charge is -2.22. The third-order valence-corrected chi connectivity index (χ3v) is 3.67. The third-order valence-electron chi connectivity index (χ3n) is 3.14. The minimum Gasteiger partial charge on any atom is -0.0883 e. The molecule has 2 atom stereocenters. The van der Waals surface area contributed by atoms with Crippen LogP contribution in [0.3, 0.4) is 0 Å². The first-order valence-corrected chi connectivity index (χ1v) is 6.86. The van der Waals surface area contributed by atoms with Gasteiger partial charge in [-0.25, -0.2) is 0 Å². The Kier molecular flexibility index (Phi) is 4.01. The average molecular weight is 289 g/mol. The second kappa shape index (κ2) is 5.50. The van der Waals surface area contributed by atoms with Crippen molar-refractivity contribution < 1.29 is 0 Å². The summed E-state index contributed by atoms with van der Waals surface area (Å²) in [6.07, 6.45) is 0. The van der Waals surface area contributed by atoms with Crippen molar-refractivity contribution in [3.63, 3.8) is 0 Å². The quantitative estimate of drug-likeness (QED) is 0.704. The van der Waals surface area contributed by atoms with Crippen molar-refractivity contribution in [3.8, 4) is 0 Å². The first-order chi connectivity index (χ1) is 8.20. The van der Waals surface area contributed by atoms with Crippen molar-refractivity contribution in [2.45, 2.75) is 24.6 Å². The summed E-state index contributed by atoms with van der Waals surface area (Å²) in [6.45, 7) is 4.39. The highest BCUT2D eigenvalue weighted by Crippen LogP contribution is 2.33. The van der Waals surface area contributed by atoms with Crippen LogP contribution in [0.1, 0.15) is 29.5 Å². The summed E-state index contributed by atoms with van der Waals surface area (Å²) < 4.78 is 0. The Hall–Kier alpha value is -1.08. The van der Waals surface area contributed by atoms with E-state index in [-0.39, 0.29) is 0 Å². The van der Waals surface area contributed by atoms with Gasteiger partial charge >= 0.3 is 0 Å². The summed E-state index contributed by atoms with van der Waals surface area (Å²) in [7, 11) is 0. The molecule has 2 unspecified atom stereocenters. The number of aryl methyl sites for hydroxylation is 1. The summed E-state index contributed by atoms with van der Waals surface area (Å²) in [4.78, 5) is 0.422. The molecule has 2 rings (SSSR count). The van der Waals surface area contributed by atoms with Crippen molar-refractivity contribution in [1.82, 2.24) is 0 Å². The predicted molar refractivity (Wildman–Crippen MR) is 77.9 cm³/mol. The lowest BCUT2D eigenvalue weighted by Crippen LogP contribution is -2.11. The van der Waals surface area contributed by atoms with Gasteiger partial charge < -0.3 is 0 Å². The molecule has 0 aliphatic carbocycles. The maximum absolute atomic E-state index is 3.75. The van der Waals surface area contributed by atoms with E-state index in [1.165, 1.54) is 16.7 Å². The molecule has 88 valence electrons. The fourth-order valence-electron chi connectivity index (χ4n) is 2.29. The van der Waals surface area contributed by atoms with E-state index in [1.807, 2.05) is 0 Å². The van der Waals surface area contributed by atoms with E-state index in [1.54, 1.807) is 0 Å². The Labute approximate surface area is 112 Å². The largest absolute Gasteiger partial charge is 0.0883 e. The van der Waals surface area contributed by atoms with Gasteiger partial charge in [-0.05, 0) is 23.6 Å². The number of halogens is 1. The first kappa shape index (κ1) is 12.4. The van der Waals surface area contributed by atoms with Gasteiger partial charge in [-0.1, -0.05) is 77.5 Å². The number of alkyl halides is 1. The second-order valence-corrected chi connectivity index (χ2v) is 5.87. The van der Waals surface area contributed by atoms with Crippen LogP contribution in [0.25, 0.3) is 0 Å². The van der Waals surface area contributed by atoms with E-state index < -0.39 is 0 Å². The Morgan fingerprint density at radius 2 is 1.47 bits per heavy atom. The van der Waals surface area contributed by atoms with Crippen LogP contribution in [-0.4, -0.2) is 4.83 Å². The third kappa shape index (κ3) is 2.78. The van der Waals surface area contributed by atoms with Crippen LogP contribution in [-0.2, 0) is 0 Å². The SMILES string of the molecule is Cc1ccccc1C(c1ccccc1)C(C)Br. The van der Waals surface area contributed by atoms with Crippen molar-refractivity contribution >= 4 is 15.9 Å². The molecule has 0 saturated carbocycles. The Morgan fingerprint density at radius 1 is 0.882 bits per heavy atom. The molecule has 0 radical (unpaired) electrons. The lowest BCUT2D eigenvalue weighted by molar-refractivity contribution is 0.800. The summed E-state index contributed by atoms with van der Waals surface area (Å²) >= 11 is 3.75. The van der Waals surface area contributed by atoms with Gasteiger partial charge in [0.25, 0.3) is 0 Å². The predicted octanol–water partition coefficient (Wildman–Crippen LogP) is 4.91. The smallest absolute Gasteiger partial charge is 0.0227 e. The fraction of sp³-hybridized carbons (Fsp3) is 0.250. The molecule has 2 aromatic rings. The minimum atomic E-state index is 0.414. The highest BCUT2D eigenvalue weighted by atomic mass is 79.9. The zero-order valence-electron chi connectivity index (χ0n) is 10.2. The van der Waals surface area contributed by atoms with E-state index >= 15 is 0 Å². The molecular formula is C16H17Br. The average Bonchev–Trinajstić information content (AvgIpc) is 2.33. The molecule has 0 spiro atoms. The Morgan fingerprint density at radius 3 is 2.06 bits per heavy atom. The summed E-state index contributed by atoms with van der Waals surface area (Å²) in [5.41, 5.74) is 4.13. The van der Waals surface area contributed by atoms with Crippen molar-refractivity contribution in [2.75, 3.05) is 0 Å². The second-order valence-electron chi connectivity index (χ2n) is 4.42. The normalized spacial score (nSPS) is 14.3. The van der Waals surface area contributed by atoms with Gasteiger partial charge in [0, 0.05) is 10.7 Å². The van der Waals surface area contributed by atoms with Gasteiger partial charge in [0.15, 0.2) is 0 Å². The molecule has 0 saturated heterocycles. The number of rotatable bonds is 3. The van der Waals surface area contributed by atoms with Crippen LogP contribution in [0, 0.1) is 6.92 Å². The van der Waals surface area contributed by atoms with Gasteiger partial charge in [0.1, 0.15) is 0 Å². The molecule has 0 fully saturated rings. The van der Waals surface area contributed by atoms with Crippen LogP contribution in [0.5, 0.6) is 0 Å². The van der Waals surface area contributed by atoms with Crippen LogP contribution >= 0.6 is 15.9 Å². The van der Waals surface area contributed by atoms with E-state index in [0.717, 1.165) is 0 Å². The molecule has 0 heterocycles. The van der Waals surface area contributed by atoms with Gasteiger partial charge in [-0.15, -0.1) is 0 Å². The van der Waals surface area contributed by atoms with Gasteiger partial charge in [-0.2, -0.15) is 0 Å². The molecule has 0 N–H and O–H groups in total. The maximum Gasteiger partial charge on any atom is 0.0227 e. The zero-order valence-corrected chi connectivity index (χ0v) is 11.8. The topological polar surface area (TPSA) is 0 Å². The van der Waals surface area contributed by atoms with E-state index in [0.29, 0.717) is 10.7 Å². The van der Waals surface area contributed by atoms with Crippen molar-refractivity contribution in [2.24, 2.45) is 0 Å². The van der Waals surface area contributed by atoms with Crippen molar-refractivity contribution in [3.05, 3.63) is 71.3 Å². The van der Waals surface area contributed by atoms with E-state index in [4.69, 9.17) is 0 Å². The number of benzene rings is 2. The van der Waals surface area contributed by atoms with E-state index in [9.17, 15) is 0 Å². The fourth-order valence-corrected chi connectivity index (χ4v) is 2.88. The summed E-state index contributed by atoms with van der Waals surface area (Å²) in [6, 6.07) is 19.3. The number of hydrogen-bond acceptors (Lipinski definition) is 0. The summed E-state index contributed by atoms with van der Waals surface area (Å²) in [5, 5.41) is 0. The highest BCUT2D eigenvalue weighted by Gasteiger charge is 2.20. The van der Waals surface area contributed by atoms with Crippen molar-refractivity contribution in [1.29, 1.82) is 0 Å². The van der Waals surface area contributed by atoms with Crippen LogP contribution < -0.4 is 0 Å².